The maximum absolute atomic E-state index is 12.3. The van der Waals surface area contributed by atoms with E-state index in [-0.39, 0.29) is 24.3 Å². The van der Waals surface area contributed by atoms with Crippen LogP contribution in [0.4, 0.5) is 5.69 Å². The fourth-order valence-electron chi connectivity index (χ4n) is 2.57. The number of carbonyl (C=O) groups excluding carboxylic acids is 2. The van der Waals surface area contributed by atoms with E-state index in [4.69, 9.17) is 4.74 Å². The SMILES string of the molecule is O=C(CNC(=O)[C@H]1COc2ccccc2C1)Nc1ccccc1Br. The number of nitrogens with one attached hydrogen (secondary N) is 2. The van der Waals surface area contributed by atoms with Crippen LogP contribution in [0.1, 0.15) is 5.56 Å². The number of amides is 2. The molecule has 0 radical (unpaired) electrons. The third kappa shape index (κ3) is 3.94. The predicted molar refractivity (Wildman–Crippen MR) is 94.9 cm³/mol. The Morgan fingerprint density at radius 3 is 2.71 bits per heavy atom. The van der Waals surface area contributed by atoms with Gasteiger partial charge in [-0.05, 0) is 46.1 Å². The molecule has 24 heavy (non-hydrogen) atoms. The van der Waals surface area contributed by atoms with Crippen molar-refractivity contribution in [1.29, 1.82) is 0 Å². The zero-order chi connectivity index (χ0) is 16.9. The van der Waals surface area contributed by atoms with Gasteiger partial charge in [0.25, 0.3) is 0 Å². The van der Waals surface area contributed by atoms with Crippen molar-refractivity contribution in [1.82, 2.24) is 5.32 Å². The first-order valence-corrected chi connectivity index (χ1v) is 8.45. The highest BCUT2D eigenvalue weighted by molar-refractivity contribution is 9.10. The largest absolute Gasteiger partial charge is 0.492 e. The number of fused-ring (bicyclic) bond motifs is 1. The number of rotatable bonds is 4. The van der Waals surface area contributed by atoms with Crippen molar-refractivity contribution in [2.24, 2.45) is 5.92 Å². The second-order valence-corrected chi connectivity index (χ2v) is 6.42. The van der Waals surface area contributed by atoms with E-state index in [1.807, 2.05) is 42.5 Å². The van der Waals surface area contributed by atoms with Gasteiger partial charge >= 0.3 is 0 Å². The third-order valence-corrected chi connectivity index (χ3v) is 4.51. The van der Waals surface area contributed by atoms with Crippen LogP contribution in [-0.2, 0) is 16.0 Å². The second-order valence-electron chi connectivity index (χ2n) is 5.57. The summed E-state index contributed by atoms with van der Waals surface area (Å²) in [4.78, 5) is 24.2. The van der Waals surface area contributed by atoms with Crippen molar-refractivity contribution in [3.8, 4) is 5.75 Å². The average molecular weight is 389 g/mol. The molecule has 1 aliphatic heterocycles. The molecular formula is C18H17BrN2O3. The third-order valence-electron chi connectivity index (χ3n) is 3.82. The highest BCUT2D eigenvalue weighted by atomic mass is 79.9. The molecule has 0 unspecified atom stereocenters. The lowest BCUT2D eigenvalue weighted by molar-refractivity contribution is -0.128. The monoisotopic (exact) mass is 388 g/mol. The van der Waals surface area contributed by atoms with Gasteiger partial charge in [0.05, 0.1) is 18.2 Å². The highest BCUT2D eigenvalue weighted by Crippen LogP contribution is 2.26. The fraction of sp³-hybridized carbons (Fsp3) is 0.222. The van der Waals surface area contributed by atoms with Gasteiger partial charge in [-0.3, -0.25) is 9.59 Å². The number of hydrogen-bond donors (Lipinski definition) is 2. The summed E-state index contributed by atoms with van der Waals surface area (Å²) in [5.41, 5.74) is 1.69. The lowest BCUT2D eigenvalue weighted by Gasteiger charge is -2.24. The lowest BCUT2D eigenvalue weighted by atomic mass is 9.96. The maximum atomic E-state index is 12.3. The minimum atomic E-state index is -0.281. The van der Waals surface area contributed by atoms with E-state index < -0.39 is 0 Å². The van der Waals surface area contributed by atoms with Crippen LogP contribution in [0.3, 0.4) is 0 Å². The first kappa shape index (κ1) is 16.5. The summed E-state index contributed by atoms with van der Waals surface area (Å²) in [7, 11) is 0. The van der Waals surface area contributed by atoms with Crippen molar-refractivity contribution in [3.63, 3.8) is 0 Å². The summed E-state index contributed by atoms with van der Waals surface area (Å²) in [6.45, 7) is 0.257. The van der Waals surface area contributed by atoms with E-state index in [0.29, 0.717) is 18.7 Å². The van der Waals surface area contributed by atoms with Gasteiger partial charge in [-0.2, -0.15) is 0 Å². The van der Waals surface area contributed by atoms with Gasteiger partial charge in [-0.25, -0.2) is 0 Å². The zero-order valence-corrected chi connectivity index (χ0v) is 14.5. The van der Waals surface area contributed by atoms with E-state index in [9.17, 15) is 9.59 Å². The number of benzene rings is 2. The van der Waals surface area contributed by atoms with Crippen molar-refractivity contribution in [2.75, 3.05) is 18.5 Å². The summed E-state index contributed by atoms with van der Waals surface area (Å²) in [5.74, 6) is 0.101. The molecule has 3 rings (SSSR count). The van der Waals surface area contributed by atoms with Gasteiger partial charge in [0.15, 0.2) is 0 Å². The molecule has 0 saturated carbocycles. The lowest BCUT2D eigenvalue weighted by Crippen LogP contribution is -2.40. The first-order chi connectivity index (χ1) is 11.6. The Balaban J connectivity index is 1.51. The van der Waals surface area contributed by atoms with Gasteiger partial charge in [0.2, 0.25) is 11.8 Å². The second kappa shape index (κ2) is 7.49. The van der Waals surface area contributed by atoms with E-state index in [1.54, 1.807) is 6.07 Å². The van der Waals surface area contributed by atoms with Crippen LogP contribution >= 0.6 is 15.9 Å². The molecule has 0 spiro atoms. The Morgan fingerprint density at radius 1 is 1.12 bits per heavy atom. The molecule has 2 N–H and O–H groups in total. The maximum Gasteiger partial charge on any atom is 0.243 e. The van der Waals surface area contributed by atoms with E-state index in [2.05, 4.69) is 26.6 Å². The molecule has 0 aliphatic carbocycles. The van der Waals surface area contributed by atoms with E-state index >= 15 is 0 Å². The molecule has 0 fully saturated rings. The normalized spacial score (nSPS) is 15.8. The van der Waals surface area contributed by atoms with Crippen molar-refractivity contribution >= 4 is 33.4 Å². The Kier molecular flexibility index (Phi) is 5.15. The predicted octanol–water partition coefficient (Wildman–Crippen LogP) is 2.76. The van der Waals surface area contributed by atoms with Gasteiger partial charge in [-0.15, -0.1) is 0 Å². The van der Waals surface area contributed by atoms with E-state index in [0.717, 1.165) is 15.8 Å². The molecule has 5 nitrogen and oxygen atoms in total. The van der Waals surface area contributed by atoms with Crippen LogP contribution in [0.25, 0.3) is 0 Å². The van der Waals surface area contributed by atoms with Crippen molar-refractivity contribution < 1.29 is 14.3 Å². The van der Waals surface area contributed by atoms with E-state index in [1.165, 1.54) is 0 Å². The molecule has 0 aromatic heterocycles. The summed E-state index contributed by atoms with van der Waals surface area (Å²) in [6.07, 6.45) is 0.619. The fourth-order valence-corrected chi connectivity index (χ4v) is 2.95. The molecule has 2 amide bonds. The van der Waals surface area contributed by atoms with Gasteiger partial charge in [0.1, 0.15) is 12.4 Å². The first-order valence-electron chi connectivity index (χ1n) is 7.66. The molecule has 1 atom stereocenters. The minimum absolute atomic E-state index is 0.0711. The van der Waals surface area contributed by atoms with Gasteiger partial charge < -0.3 is 15.4 Å². The number of hydrogen-bond acceptors (Lipinski definition) is 3. The Labute approximate surface area is 148 Å². The van der Waals surface area contributed by atoms with Crippen LogP contribution in [0, 0.1) is 5.92 Å². The number of carbonyl (C=O) groups is 2. The summed E-state index contributed by atoms with van der Waals surface area (Å²) >= 11 is 3.36. The molecule has 1 aliphatic rings. The molecule has 1 heterocycles. The average Bonchev–Trinajstić information content (AvgIpc) is 2.61. The molecule has 2 aromatic rings. The van der Waals surface area contributed by atoms with Gasteiger partial charge in [0, 0.05) is 4.47 Å². The molecule has 6 heteroatoms. The highest BCUT2D eigenvalue weighted by Gasteiger charge is 2.25. The van der Waals surface area contributed by atoms with Crippen LogP contribution in [-0.4, -0.2) is 25.0 Å². The number of ether oxygens (including phenoxy) is 1. The molecule has 0 saturated heterocycles. The van der Waals surface area contributed by atoms with Crippen LogP contribution in [0.15, 0.2) is 53.0 Å². The summed E-state index contributed by atoms with van der Waals surface area (Å²) in [5, 5.41) is 5.43. The van der Waals surface area contributed by atoms with Crippen LogP contribution < -0.4 is 15.4 Å². The summed E-state index contributed by atoms with van der Waals surface area (Å²) in [6, 6.07) is 15.0. The Bertz CT molecular complexity index is 763. The topological polar surface area (TPSA) is 67.4 Å². The van der Waals surface area contributed by atoms with Crippen molar-refractivity contribution in [3.05, 3.63) is 58.6 Å². The molecule has 2 aromatic carbocycles. The molecular weight excluding hydrogens is 372 g/mol. The quantitative estimate of drug-likeness (QED) is 0.845. The van der Waals surface area contributed by atoms with Crippen molar-refractivity contribution in [2.45, 2.75) is 6.42 Å². The van der Waals surface area contributed by atoms with Gasteiger partial charge in [-0.1, -0.05) is 30.3 Å². The number of para-hydroxylation sites is 2. The Hall–Kier alpha value is -2.34. The standard InChI is InChI=1S/C18H17BrN2O3/c19-14-6-2-3-7-15(14)21-17(22)10-20-18(23)13-9-12-5-1-4-8-16(12)24-11-13/h1-8,13H,9-11H2,(H,20,23)(H,21,22)/t13-/m1/s1. The minimum Gasteiger partial charge on any atom is -0.492 e. The smallest absolute Gasteiger partial charge is 0.243 e. The summed E-state index contributed by atoms with van der Waals surface area (Å²) < 4.78 is 6.40. The van der Waals surface area contributed by atoms with Crippen LogP contribution in [0.2, 0.25) is 0 Å². The number of anilines is 1. The van der Waals surface area contributed by atoms with Crippen LogP contribution in [0.5, 0.6) is 5.75 Å². The zero-order valence-electron chi connectivity index (χ0n) is 12.9. The molecule has 0 bridgehead atoms. The Morgan fingerprint density at radius 2 is 1.88 bits per heavy atom. The number of halogens is 1. The molecule has 124 valence electrons.